The third-order valence-corrected chi connectivity index (χ3v) is 14.3. The van der Waals surface area contributed by atoms with Gasteiger partial charge in [0.05, 0.1) is 24.2 Å². The maximum atomic E-state index is 2.63. The Kier molecular flexibility index (Phi) is 3.32. The van der Waals surface area contributed by atoms with Crippen molar-refractivity contribution in [1.82, 2.24) is 0 Å². The summed E-state index contributed by atoms with van der Waals surface area (Å²) < 4.78 is 0. The maximum Gasteiger partial charge on any atom is 0.0802 e. The van der Waals surface area contributed by atoms with Crippen molar-refractivity contribution in [3.05, 3.63) is 18.2 Å². The van der Waals surface area contributed by atoms with Crippen molar-refractivity contribution < 1.29 is 0 Å². The lowest BCUT2D eigenvalue weighted by molar-refractivity contribution is 1.28. The van der Waals surface area contributed by atoms with E-state index in [0.29, 0.717) is 0 Å². The Morgan fingerprint density at radius 3 is 1.83 bits per heavy atom. The van der Waals surface area contributed by atoms with Gasteiger partial charge in [-0.05, 0) is 0 Å². The lowest BCUT2D eigenvalue weighted by Gasteiger charge is -2.40. The molecule has 100 valence electrons. The SMILES string of the molecule is C[Si](C)(C)c1ccc2c(c1)[Si](C)(C)CC[Si]2(C)C. The summed E-state index contributed by atoms with van der Waals surface area (Å²) in [4.78, 5) is 0. The van der Waals surface area contributed by atoms with Crippen LogP contribution in [0.2, 0.25) is 57.9 Å². The molecule has 1 aliphatic heterocycles. The Hall–Kier alpha value is -0.129. The molecule has 3 heteroatoms. The van der Waals surface area contributed by atoms with Crippen molar-refractivity contribution in [2.45, 2.75) is 57.9 Å². The molecule has 0 spiro atoms. The number of benzene rings is 1. The van der Waals surface area contributed by atoms with Crippen LogP contribution in [0.4, 0.5) is 0 Å². The van der Waals surface area contributed by atoms with Gasteiger partial charge in [0.25, 0.3) is 0 Å². The third kappa shape index (κ3) is 2.45. The van der Waals surface area contributed by atoms with Gasteiger partial charge < -0.3 is 0 Å². The highest BCUT2D eigenvalue weighted by atomic mass is 28.3. The fraction of sp³-hybridized carbons (Fsp3) is 0.600. The minimum absolute atomic E-state index is 1.13. The molecule has 1 aromatic carbocycles. The van der Waals surface area contributed by atoms with Gasteiger partial charge in [-0.2, -0.15) is 0 Å². The van der Waals surface area contributed by atoms with Crippen LogP contribution in [0.25, 0.3) is 0 Å². The molecule has 0 aliphatic carbocycles. The number of fused-ring (bicyclic) bond motifs is 1. The number of rotatable bonds is 1. The molecule has 18 heavy (non-hydrogen) atoms. The first kappa shape index (κ1) is 14.3. The maximum absolute atomic E-state index is 2.63. The van der Waals surface area contributed by atoms with E-state index >= 15 is 0 Å². The average molecular weight is 293 g/mol. The van der Waals surface area contributed by atoms with Gasteiger partial charge in [-0.1, -0.05) is 91.7 Å². The Labute approximate surface area is 116 Å². The lowest BCUT2D eigenvalue weighted by Crippen LogP contribution is -2.64. The Balaban J connectivity index is 2.63. The van der Waals surface area contributed by atoms with E-state index in [-0.39, 0.29) is 0 Å². The normalized spacial score (nSPS) is 21.5. The van der Waals surface area contributed by atoms with E-state index in [2.05, 4.69) is 64.0 Å². The first-order valence-electron chi connectivity index (χ1n) is 7.20. The second-order valence-electron chi connectivity index (χ2n) is 8.28. The van der Waals surface area contributed by atoms with E-state index in [0.717, 1.165) is 0 Å². The minimum Gasteiger partial charge on any atom is -0.0656 e. The van der Waals surface area contributed by atoms with Crippen molar-refractivity contribution in [3.63, 3.8) is 0 Å². The zero-order chi connectivity index (χ0) is 13.8. The second kappa shape index (κ2) is 4.18. The van der Waals surface area contributed by atoms with Crippen molar-refractivity contribution in [1.29, 1.82) is 0 Å². The van der Waals surface area contributed by atoms with Crippen LogP contribution in [0.1, 0.15) is 0 Å². The van der Waals surface area contributed by atoms with Crippen LogP contribution in [-0.2, 0) is 0 Å². The van der Waals surface area contributed by atoms with Gasteiger partial charge in [0.1, 0.15) is 0 Å². The molecule has 0 bridgehead atoms. The van der Waals surface area contributed by atoms with Gasteiger partial charge in [-0.3, -0.25) is 0 Å². The third-order valence-electron chi connectivity index (χ3n) is 4.72. The zero-order valence-corrected chi connectivity index (χ0v) is 16.1. The van der Waals surface area contributed by atoms with E-state index in [1.54, 1.807) is 10.4 Å². The molecule has 0 unspecified atom stereocenters. The summed E-state index contributed by atoms with van der Waals surface area (Å²) in [6.45, 7) is 17.7. The molecule has 0 saturated carbocycles. The van der Waals surface area contributed by atoms with E-state index in [9.17, 15) is 0 Å². The smallest absolute Gasteiger partial charge is 0.0656 e. The Morgan fingerprint density at radius 1 is 0.833 bits per heavy atom. The summed E-state index contributed by atoms with van der Waals surface area (Å²) in [7, 11) is -3.45. The van der Waals surface area contributed by atoms with E-state index in [4.69, 9.17) is 0 Å². The van der Waals surface area contributed by atoms with Crippen LogP contribution >= 0.6 is 0 Å². The van der Waals surface area contributed by atoms with Crippen molar-refractivity contribution in [2.24, 2.45) is 0 Å². The summed E-state index contributed by atoms with van der Waals surface area (Å²) in [6, 6.07) is 10.6. The lowest BCUT2D eigenvalue weighted by atomic mass is 10.3. The quantitative estimate of drug-likeness (QED) is 0.698. The summed E-state index contributed by atoms with van der Waals surface area (Å²) >= 11 is 0. The monoisotopic (exact) mass is 292 g/mol. The summed E-state index contributed by atoms with van der Waals surface area (Å²) in [5.74, 6) is 0. The number of hydrogen-bond acceptors (Lipinski definition) is 0. The second-order valence-corrected chi connectivity index (χ2v) is 23.0. The molecule has 0 N–H and O–H groups in total. The molecule has 1 heterocycles. The summed E-state index contributed by atoms with van der Waals surface area (Å²) in [5, 5.41) is 5.26. The minimum atomic E-state index is -1.16. The van der Waals surface area contributed by atoms with Gasteiger partial charge in [0.15, 0.2) is 0 Å². The van der Waals surface area contributed by atoms with Gasteiger partial charge in [0, 0.05) is 0 Å². The largest absolute Gasteiger partial charge is 0.0802 e. The van der Waals surface area contributed by atoms with E-state index in [1.165, 1.54) is 12.1 Å². The van der Waals surface area contributed by atoms with Crippen LogP contribution in [-0.4, -0.2) is 24.2 Å². The fourth-order valence-corrected chi connectivity index (χ4v) is 14.6. The first-order valence-corrected chi connectivity index (χ1v) is 17.1. The molecular formula is C15H28Si3. The van der Waals surface area contributed by atoms with Crippen molar-refractivity contribution in [2.75, 3.05) is 0 Å². The van der Waals surface area contributed by atoms with Crippen LogP contribution in [0.15, 0.2) is 18.2 Å². The van der Waals surface area contributed by atoms with Crippen LogP contribution in [0, 0.1) is 0 Å². The van der Waals surface area contributed by atoms with E-state index < -0.39 is 24.2 Å². The van der Waals surface area contributed by atoms with Gasteiger partial charge in [-0.25, -0.2) is 0 Å². The predicted molar refractivity (Wildman–Crippen MR) is 93.3 cm³/mol. The molecule has 0 radical (unpaired) electrons. The summed E-state index contributed by atoms with van der Waals surface area (Å²) in [5.41, 5.74) is 0. The molecule has 0 amide bonds. The van der Waals surface area contributed by atoms with Crippen LogP contribution < -0.4 is 15.6 Å². The van der Waals surface area contributed by atoms with Gasteiger partial charge in [0.2, 0.25) is 0 Å². The molecule has 0 fully saturated rings. The molecule has 1 aliphatic rings. The first-order chi connectivity index (χ1) is 8.04. The average Bonchev–Trinajstić information content (AvgIpc) is 2.23. The molecule has 0 atom stereocenters. The van der Waals surface area contributed by atoms with Gasteiger partial charge >= 0.3 is 0 Å². The highest BCUT2D eigenvalue weighted by Crippen LogP contribution is 2.25. The standard InChI is InChI=1S/C15H28Si3/c1-16(2,3)13-8-9-14-15(12-13)18(6,7)11-10-17(14,4)5/h8-9,12H,10-11H2,1-7H3. The molecule has 0 nitrogen and oxygen atoms in total. The van der Waals surface area contributed by atoms with Crippen molar-refractivity contribution >= 4 is 39.8 Å². The van der Waals surface area contributed by atoms with Crippen LogP contribution in [0.3, 0.4) is 0 Å². The Morgan fingerprint density at radius 2 is 1.33 bits per heavy atom. The predicted octanol–water partition coefficient (Wildman–Crippen LogP) is 3.08. The fourth-order valence-electron chi connectivity index (χ4n) is 3.06. The highest BCUT2D eigenvalue weighted by Gasteiger charge is 2.39. The molecule has 0 aromatic heterocycles. The number of hydrogen-bond donors (Lipinski definition) is 0. The van der Waals surface area contributed by atoms with Gasteiger partial charge in [-0.15, -0.1) is 0 Å². The molecular weight excluding hydrogens is 264 g/mol. The highest BCUT2D eigenvalue weighted by molar-refractivity contribution is 7.03. The topological polar surface area (TPSA) is 0 Å². The summed E-state index contributed by atoms with van der Waals surface area (Å²) in [6.07, 6.45) is 0. The van der Waals surface area contributed by atoms with Crippen LogP contribution in [0.5, 0.6) is 0 Å². The molecule has 1 aromatic rings. The van der Waals surface area contributed by atoms with Crippen molar-refractivity contribution in [3.8, 4) is 0 Å². The Bertz CT molecular complexity index is 467. The molecule has 0 saturated heterocycles. The molecule has 2 rings (SSSR count). The zero-order valence-electron chi connectivity index (χ0n) is 13.1. The van der Waals surface area contributed by atoms with E-state index in [1.807, 2.05) is 5.19 Å².